The summed E-state index contributed by atoms with van der Waals surface area (Å²) in [6.07, 6.45) is 0. The second kappa shape index (κ2) is 4.76. The average Bonchev–Trinajstić information content (AvgIpc) is 2.23. The van der Waals surface area contributed by atoms with E-state index in [2.05, 4.69) is 11.2 Å². The lowest BCUT2D eigenvalue weighted by Crippen LogP contribution is -2.30. The predicted molar refractivity (Wildman–Crippen MR) is 64.2 cm³/mol. The van der Waals surface area contributed by atoms with Gasteiger partial charge < -0.3 is 15.7 Å². The summed E-state index contributed by atoms with van der Waals surface area (Å²) in [4.78, 5) is 1.19. The van der Waals surface area contributed by atoms with Crippen LogP contribution in [0.5, 0.6) is 0 Å². The van der Waals surface area contributed by atoms with Gasteiger partial charge >= 0.3 is 0 Å². The van der Waals surface area contributed by atoms with E-state index in [9.17, 15) is 0 Å². The Labute approximate surface area is 98.5 Å². The Morgan fingerprint density at radius 1 is 1.56 bits per heavy atom. The van der Waals surface area contributed by atoms with Gasteiger partial charge in [-0.3, -0.25) is 0 Å². The molecule has 3 N–H and O–H groups in total. The van der Waals surface area contributed by atoms with Crippen LogP contribution in [0, 0.1) is 6.92 Å². The molecule has 0 saturated carbocycles. The fourth-order valence-electron chi connectivity index (χ4n) is 1.53. The molecule has 1 fully saturated rings. The van der Waals surface area contributed by atoms with Gasteiger partial charge in [0.15, 0.2) is 5.84 Å². The molecule has 0 amide bonds. The van der Waals surface area contributed by atoms with Gasteiger partial charge in [-0.25, -0.2) is 0 Å². The Morgan fingerprint density at radius 3 is 2.81 bits per heavy atom. The van der Waals surface area contributed by atoms with Crippen LogP contribution in [0.4, 0.5) is 0 Å². The van der Waals surface area contributed by atoms with Gasteiger partial charge in [0.2, 0.25) is 0 Å². The predicted octanol–water partition coefficient (Wildman–Crippen LogP) is 1.58. The van der Waals surface area contributed by atoms with E-state index in [1.165, 1.54) is 4.90 Å². The number of thioether (sulfide) groups is 1. The molecule has 0 radical (unpaired) electrons. The zero-order valence-electron chi connectivity index (χ0n) is 9.01. The molecule has 86 valence electrons. The Kier molecular flexibility index (Phi) is 3.36. The molecule has 2 rings (SSSR count). The van der Waals surface area contributed by atoms with Crippen molar-refractivity contribution in [3.8, 4) is 0 Å². The maximum Gasteiger partial charge on any atom is 0.170 e. The largest absolute Gasteiger partial charge is 0.409 e. The van der Waals surface area contributed by atoms with Crippen LogP contribution in [0.25, 0.3) is 0 Å². The van der Waals surface area contributed by atoms with E-state index in [1.807, 2.05) is 19.1 Å². The third kappa shape index (κ3) is 2.31. The maximum atomic E-state index is 8.62. The van der Waals surface area contributed by atoms with E-state index in [4.69, 9.17) is 15.7 Å². The number of nitrogens with zero attached hydrogens (tertiary/aromatic N) is 1. The number of amidine groups is 1. The molecule has 0 atom stereocenters. The summed E-state index contributed by atoms with van der Waals surface area (Å²) < 4.78 is 5.12. The van der Waals surface area contributed by atoms with Gasteiger partial charge in [-0.1, -0.05) is 5.16 Å². The first-order chi connectivity index (χ1) is 7.70. The van der Waals surface area contributed by atoms with Crippen LogP contribution in [0.3, 0.4) is 0 Å². The van der Waals surface area contributed by atoms with Gasteiger partial charge in [0.1, 0.15) is 0 Å². The number of benzene rings is 1. The number of ether oxygens (including phenoxy) is 1. The summed E-state index contributed by atoms with van der Waals surface area (Å²) >= 11 is 1.80. The van der Waals surface area contributed by atoms with Crippen molar-refractivity contribution in [1.29, 1.82) is 0 Å². The minimum absolute atomic E-state index is 0.154. The Morgan fingerprint density at radius 2 is 2.31 bits per heavy atom. The number of oxime groups is 1. The van der Waals surface area contributed by atoms with E-state index >= 15 is 0 Å². The minimum Gasteiger partial charge on any atom is -0.409 e. The molecule has 0 spiro atoms. The first-order valence-electron chi connectivity index (χ1n) is 5.03. The summed E-state index contributed by atoms with van der Waals surface area (Å²) in [6.45, 7) is 3.60. The van der Waals surface area contributed by atoms with Crippen molar-refractivity contribution in [2.24, 2.45) is 10.9 Å². The highest BCUT2D eigenvalue weighted by Gasteiger charge is 2.19. The lowest BCUT2D eigenvalue weighted by molar-refractivity contribution is 0.0455. The van der Waals surface area contributed by atoms with Crippen LogP contribution in [0.15, 0.2) is 28.3 Å². The number of hydrogen-bond acceptors (Lipinski definition) is 4. The van der Waals surface area contributed by atoms with Gasteiger partial charge in [0.25, 0.3) is 0 Å². The maximum absolute atomic E-state index is 8.62. The van der Waals surface area contributed by atoms with Crippen LogP contribution in [0.1, 0.15) is 11.1 Å². The summed E-state index contributed by atoms with van der Waals surface area (Å²) in [5.41, 5.74) is 7.35. The van der Waals surface area contributed by atoms with Crippen LogP contribution in [0.2, 0.25) is 0 Å². The normalized spacial score (nSPS) is 17.2. The smallest absolute Gasteiger partial charge is 0.170 e. The second-order valence-electron chi connectivity index (χ2n) is 3.74. The highest BCUT2D eigenvalue weighted by Crippen LogP contribution is 2.29. The molecule has 4 nitrogen and oxygen atoms in total. The van der Waals surface area contributed by atoms with Gasteiger partial charge in [0, 0.05) is 10.5 Å². The molecule has 1 aliphatic heterocycles. The monoisotopic (exact) mass is 238 g/mol. The van der Waals surface area contributed by atoms with Crippen molar-refractivity contribution in [2.75, 3.05) is 13.2 Å². The Balaban J connectivity index is 2.15. The van der Waals surface area contributed by atoms with Crippen molar-refractivity contribution in [3.05, 3.63) is 29.3 Å². The molecular weight excluding hydrogens is 224 g/mol. The molecule has 1 heterocycles. The van der Waals surface area contributed by atoms with E-state index in [0.29, 0.717) is 5.25 Å². The first kappa shape index (κ1) is 11.3. The van der Waals surface area contributed by atoms with Crippen molar-refractivity contribution in [1.82, 2.24) is 0 Å². The summed E-state index contributed by atoms with van der Waals surface area (Å²) in [5, 5.41) is 12.2. The molecule has 0 unspecified atom stereocenters. The quantitative estimate of drug-likeness (QED) is 0.363. The number of aryl methyl sites for hydroxylation is 1. The highest BCUT2D eigenvalue weighted by molar-refractivity contribution is 8.00. The van der Waals surface area contributed by atoms with Crippen LogP contribution in [-0.4, -0.2) is 29.5 Å². The lowest BCUT2D eigenvalue weighted by Gasteiger charge is -2.25. The van der Waals surface area contributed by atoms with E-state index in [1.54, 1.807) is 11.8 Å². The molecule has 1 aromatic rings. The van der Waals surface area contributed by atoms with E-state index in [-0.39, 0.29) is 5.84 Å². The molecule has 1 aliphatic rings. The summed E-state index contributed by atoms with van der Waals surface area (Å²) in [7, 11) is 0. The summed E-state index contributed by atoms with van der Waals surface area (Å²) in [6, 6.07) is 5.92. The third-order valence-corrected chi connectivity index (χ3v) is 3.62. The average molecular weight is 238 g/mol. The summed E-state index contributed by atoms with van der Waals surface area (Å²) in [5.74, 6) is 0.154. The second-order valence-corrected chi connectivity index (χ2v) is 5.11. The molecule has 0 aromatic heterocycles. The van der Waals surface area contributed by atoms with Gasteiger partial charge in [-0.05, 0) is 30.7 Å². The number of hydrogen-bond donors (Lipinski definition) is 2. The molecule has 1 saturated heterocycles. The first-order valence-corrected chi connectivity index (χ1v) is 5.91. The van der Waals surface area contributed by atoms with E-state index in [0.717, 1.165) is 24.3 Å². The third-order valence-electron chi connectivity index (χ3n) is 2.49. The zero-order chi connectivity index (χ0) is 11.5. The molecule has 0 aliphatic carbocycles. The molecule has 1 aromatic carbocycles. The van der Waals surface area contributed by atoms with Crippen LogP contribution >= 0.6 is 11.8 Å². The Bertz CT molecular complexity index is 416. The lowest BCUT2D eigenvalue weighted by atomic mass is 10.1. The molecule has 0 bridgehead atoms. The standard InChI is InChI=1S/C11H14N2O2S/c1-7-4-8(16-9-5-15-6-9)2-3-10(7)11(12)13-14/h2-4,9,14H,5-6H2,1H3,(H2,12,13). The number of nitrogens with two attached hydrogens (primary N) is 1. The van der Waals surface area contributed by atoms with E-state index < -0.39 is 0 Å². The van der Waals surface area contributed by atoms with Crippen molar-refractivity contribution < 1.29 is 9.94 Å². The van der Waals surface area contributed by atoms with Crippen molar-refractivity contribution in [3.63, 3.8) is 0 Å². The minimum atomic E-state index is 0.154. The van der Waals surface area contributed by atoms with Gasteiger partial charge in [0.05, 0.1) is 18.5 Å². The molecular formula is C11H14N2O2S. The fourth-order valence-corrected chi connectivity index (χ4v) is 2.63. The fraction of sp³-hybridized carbons (Fsp3) is 0.364. The van der Waals surface area contributed by atoms with Gasteiger partial charge in [-0.15, -0.1) is 11.8 Å². The van der Waals surface area contributed by atoms with Crippen molar-refractivity contribution in [2.45, 2.75) is 17.1 Å². The highest BCUT2D eigenvalue weighted by atomic mass is 32.2. The SMILES string of the molecule is Cc1cc(SC2COC2)ccc1/C(N)=N/O. The topological polar surface area (TPSA) is 67.8 Å². The molecule has 5 heteroatoms. The van der Waals surface area contributed by atoms with Crippen LogP contribution in [-0.2, 0) is 4.74 Å². The van der Waals surface area contributed by atoms with Crippen molar-refractivity contribution >= 4 is 17.6 Å². The zero-order valence-corrected chi connectivity index (χ0v) is 9.83. The molecule has 16 heavy (non-hydrogen) atoms. The number of rotatable bonds is 3. The van der Waals surface area contributed by atoms with Gasteiger partial charge in [-0.2, -0.15) is 0 Å². The van der Waals surface area contributed by atoms with Crippen LogP contribution < -0.4 is 5.73 Å². The Hall–Kier alpha value is -1.20.